The molecule has 0 N–H and O–H groups in total. The molecule has 82 valence electrons. The second-order valence-electron chi connectivity index (χ2n) is 2.79. The van der Waals surface area contributed by atoms with Crippen molar-refractivity contribution < 1.29 is 13.9 Å². The molecule has 2 nitrogen and oxygen atoms in total. The van der Waals surface area contributed by atoms with E-state index in [1.54, 1.807) is 19.1 Å². The summed E-state index contributed by atoms with van der Waals surface area (Å²) in [6.45, 7) is 2.03. The Morgan fingerprint density at radius 3 is 2.80 bits per heavy atom. The summed E-state index contributed by atoms with van der Waals surface area (Å²) in [6.07, 6.45) is 0. The molecule has 0 saturated heterocycles. The van der Waals surface area contributed by atoms with Gasteiger partial charge >= 0.3 is 5.97 Å². The van der Waals surface area contributed by atoms with Gasteiger partial charge in [0.15, 0.2) is 0 Å². The maximum Gasteiger partial charge on any atom is 0.324 e. The molecule has 1 rings (SSSR count). The average molecular weight is 340 g/mol. The van der Waals surface area contributed by atoms with Crippen LogP contribution in [0.1, 0.15) is 17.3 Å². The van der Waals surface area contributed by atoms with Crippen molar-refractivity contribution in [1.82, 2.24) is 0 Å². The quantitative estimate of drug-likeness (QED) is 0.621. The zero-order chi connectivity index (χ0) is 11.4. The van der Waals surface area contributed by atoms with Crippen molar-refractivity contribution in [1.29, 1.82) is 0 Å². The first-order chi connectivity index (χ1) is 7.06. The molecule has 0 saturated carbocycles. The lowest BCUT2D eigenvalue weighted by Crippen LogP contribution is -2.10. The molecular weight excluding hydrogens is 331 g/mol. The molecule has 5 heteroatoms. The first kappa shape index (κ1) is 12.6. The molecule has 15 heavy (non-hydrogen) atoms. The standard InChI is InChI=1S/C10H9Br2FO2/c1-2-15-10(14)9(12)6-3-4-7(11)8(13)5-6/h3-5,9H,2H2,1H3. The Hall–Kier alpha value is -0.420. The minimum atomic E-state index is -0.625. The number of halogens is 3. The highest BCUT2D eigenvalue weighted by atomic mass is 79.9. The Bertz CT molecular complexity index is 368. The van der Waals surface area contributed by atoms with Gasteiger partial charge in [0, 0.05) is 0 Å². The van der Waals surface area contributed by atoms with Gasteiger partial charge in [0.1, 0.15) is 10.6 Å². The van der Waals surface area contributed by atoms with E-state index in [1.165, 1.54) is 6.07 Å². The Labute approximate surface area is 104 Å². The Morgan fingerprint density at radius 2 is 2.27 bits per heavy atom. The lowest BCUT2D eigenvalue weighted by Gasteiger charge is -2.09. The van der Waals surface area contributed by atoms with Gasteiger partial charge in [0.2, 0.25) is 0 Å². The molecule has 0 spiro atoms. The van der Waals surface area contributed by atoms with Crippen molar-refractivity contribution in [3.8, 4) is 0 Å². The zero-order valence-corrected chi connectivity index (χ0v) is 11.1. The number of carbonyl (C=O) groups is 1. The van der Waals surface area contributed by atoms with Crippen LogP contribution in [-0.4, -0.2) is 12.6 Å². The lowest BCUT2D eigenvalue weighted by atomic mass is 10.1. The molecule has 0 bridgehead atoms. The summed E-state index contributed by atoms with van der Waals surface area (Å²) in [5, 5.41) is 0. The maximum absolute atomic E-state index is 13.2. The Kier molecular flexibility index (Phi) is 4.73. The topological polar surface area (TPSA) is 26.3 Å². The summed E-state index contributed by atoms with van der Waals surface area (Å²) in [5.74, 6) is -0.819. The van der Waals surface area contributed by atoms with Crippen LogP contribution in [0.4, 0.5) is 4.39 Å². The van der Waals surface area contributed by atoms with E-state index in [1.807, 2.05) is 0 Å². The van der Waals surface area contributed by atoms with Crippen molar-refractivity contribution in [3.05, 3.63) is 34.1 Å². The molecule has 0 aliphatic heterocycles. The highest BCUT2D eigenvalue weighted by Gasteiger charge is 2.19. The van der Waals surface area contributed by atoms with E-state index >= 15 is 0 Å². The van der Waals surface area contributed by atoms with E-state index < -0.39 is 16.6 Å². The highest BCUT2D eigenvalue weighted by molar-refractivity contribution is 9.10. The third-order valence-corrected chi connectivity index (χ3v) is 3.28. The van der Waals surface area contributed by atoms with Crippen LogP contribution in [0.25, 0.3) is 0 Å². The van der Waals surface area contributed by atoms with Gasteiger partial charge in [-0.25, -0.2) is 4.39 Å². The van der Waals surface area contributed by atoms with Crippen molar-refractivity contribution in [2.75, 3.05) is 6.61 Å². The van der Waals surface area contributed by atoms with Crippen LogP contribution in [0, 0.1) is 5.82 Å². The predicted octanol–water partition coefficient (Wildman–Crippen LogP) is 3.59. The molecule has 0 aliphatic carbocycles. The predicted molar refractivity (Wildman–Crippen MR) is 62.4 cm³/mol. The Balaban J connectivity index is 2.86. The molecule has 1 aromatic rings. The lowest BCUT2D eigenvalue weighted by molar-refractivity contribution is -0.142. The van der Waals surface area contributed by atoms with Crippen molar-refractivity contribution in [2.24, 2.45) is 0 Å². The maximum atomic E-state index is 13.2. The first-order valence-electron chi connectivity index (χ1n) is 4.32. The number of alkyl halides is 1. The second-order valence-corrected chi connectivity index (χ2v) is 4.56. The average Bonchev–Trinajstić information content (AvgIpc) is 2.21. The molecule has 1 atom stereocenters. The zero-order valence-electron chi connectivity index (χ0n) is 7.97. The van der Waals surface area contributed by atoms with Crippen molar-refractivity contribution in [2.45, 2.75) is 11.8 Å². The fraction of sp³-hybridized carbons (Fsp3) is 0.300. The van der Waals surface area contributed by atoms with E-state index in [0.29, 0.717) is 16.6 Å². The smallest absolute Gasteiger partial charge is 0.324 e. The summed E-state index contributed by atoms with van der Waals surface area (Å²) >= 11 is 6.19. The summed E-state index contributed by atoms with van der Waals surface area (Å²) in [5.41, 5.74) is 0.536. The summed E-state index contributed by atoms with van der Waals surface area (Å²) in [4.78, 5) is 10.7. The molecule has 0 radical (unpaired) electrons. The first-order valence-corrected chi connectivity index (χ1v) is 6.02. The number of hydrogen-bond donors (Lipinski definition) is 0. The number of ether oxygens (including phenoxy) is 1. The van der Waals surface area contributed by atoms with E-state index in [9.17, 15) is 9.18 Å². The molecule has 0 fully saturated rings. The minimum absolute atomic E-state index is 0.305. The third kappa shape index (κ3) is 3.28. The molecular formula is C10H9Br2FO2. The number of benzene rings is 1. The summed E-state index contributed by atoms with van der Waals surface area (Å²) in [6, 6.07) is 4.50. The number of esters is 1. The van der Waals surface area contributed by atoms with Gasteiger partial charge in [-0.3, -0.25) is 4.79 Å². The van der Waals surface area contributed by atoms with E-state index in [0.717, 1.165) is 0 Å². The van der Waals surface area contributed by atoms with E-state index in [4.69, 9.17) is 4.74 Å². The van der Waals surface area contributed by atoms with Crippen LogP contribution in [0.3, 0.4) is 0 Å². The molecule has 0 aliphatic rings. The van der Waals surface area contributed by atoms with E-state index in [-0.39, 0.29) is 0 Å². The van der Waals surface area contributed by atoms with Gasteiger partial charge in [-0.15, -0.1) is 0 Å². The van der Waals surface area contributed by atoms with Crippen LogP contribution in [0.5, 0.6) is 0 Å². The number of hydrogen-bond acceptors (Lipinski definition) is 2. The normalized spacial score (nSPS) is 12.3. The van der Waals surface area contributed by atoms with Crippen LogP contribution < -0.4 is 0 Å². The van der Waals surface area contributed by atoms with Gasteiger partial charge in [-0.1, -0.05) is 22.0 Å². The number of rotatable bonds is 3. The monoisotopic (exact) mass is 338 g/mol. The van der Waals surface area contributed by atoms with Gasteiger partial charge in [0.25, 0.3) is 0 Å². The van der Waals surface area contributed by atoms with Crippen LogP contribution >= 0.6 is 31.9 Å². The third-order valence-electron chi connectivity index (χ3n) is 1.73. The SMILES string of the molecule is CCOC(=O)C(Br)c1ccc(Br)c(F)c1. The molecule has 1 aromatic carbocycles. The number of carbonyl (C=O) groups excluding carboxylic acids is 1. The van der Waals surface area contributed by atoms with Crippen LogP contribution in [0.15, 0.2) is 22.7 Å². The van der Waals surface area contributed by atoms with Gasteiger partial charge in [0.05, 0.1) is 11.1 Å². The van der Waals surface area contributed by atoms with Crippen LogP contribution in [-0.2, 0) is 9.53 Å². The van der Waals surface area contributed by atoms with Gasteiger partial charge in [-0.05, 0) is 40.5 Å². The molecule has 0 aromatic heterocycles. The second kappa shape index (κ2) is 5.61. The summed E-state index contributed by atoms with van der Waals surface area (Å²) in [7, 11) is 0. The fourth-order valence-electron chi connectivity index (χ4n) is 1.02. The summed E-state index contributed by atoms with van der Waals surface area (Å²) < 4.78 is 18.3. The molecule has 0 heterocycles. The van der Waals surface area contributed by atoms with Crippen LogP contribution in [0.2, 0.25) is 0 Å². The van der Waals surface area contributed by atoms with Gasteiger partial charge in [-0.2, -0.15) is 0 Å². The van der Waals surface area contributed by atoms with E-state index in [2.05, 4.69) is 31.9 Å². The van der Waals surface area contributed by atoms with Crippen molar-refractivity contribution >= 4 is 37.8 Å². The minimum Gasteiger partial charge on any atom is -0.465 e. The fourth-order valence-corrected chi connectivity index (χ4v) is 1.69. The highest BCUT2D eigenvalue weighted by Crippen LogP contribution is 2.27. The Morgan fingerprint density at radius 1 is 1.60 bits per heavy atom. The van der Waals surface area contributed by atoms with Gasteiger partial charge < -0.3 is 4.74 Å². The molecule has 0 amide bonds. The largest absolute Gasteiger partial charge is 0.465 e. The van der Waals surface area contributed by atoms with Crippen molar-refractivity contribution in [3.63, 3.8) is 0 Å². The molecule has 1 unspecified atom stereocenters.